The standard InChI is InChI=1S/C14H17N3/c1-3-11-6-5-7-12(10-11)13-8-9-14(15-4-2)17-16-13/h5-10H,3-4H2,1-2H3,(H,15,17). The van der Waals surface area contributed by atoms with Gasteiger partial charge in [-0.3, -0.25) is 0 Å². The molecule has 3 nitrogen and oxygen atoms in total. The van der Waals surface area contributed by atoms with E-state index in [4.69, 9.17) is 0 Å². The molecule has 0 fully saturated rings. The molecule has 0 aliphatic heterocycles. The lowest BCUT2D eigenvalue weighted by Crippen LogP contribution is -2.00. The molecular formula is C14H17N3. The predicted octanol–water partition coefficient (Wildman–Crippen LogP) is 3.14. The summed E-state index contributed by atoms with van der Waals surface area (Å²) in [5.41, 5.74) is 3.36. The fourth-order valence-corrected chi connectivity index (χ4v) is 1.71. The maximum Gasteiger partial charge on any atom is 0.148 e. The van der Waals surface area contributed by atoms with Crippen molar-refractivity contribution in [2.24, 2.45) is 0 Å². The summed E-state index contributed by atoms with van der Waals surface area (Å²) in [5, 5.41) is 11.5. The summed E-state index contributed by atoms with van der Waals surface area (Å²) >= 11 is 0. The molecule has 3 heteroatoms. The lowest BCUT2D eigenvalue weighted by Gasteiger charge is -2.04. The molecule has 1 heterocycles. The molecule has 0 aliphatic carbocycles. The van der Waals surface area contributed by atoms with Crippen LogP contribution in [-0.4, -0.2) is 16.7 Å². The topological polar surface area (TPSA) is 37.8 Å². The van der Waals surface area contributed by atoms with Crippen LogP contribution in [0.5, 0.6) is 0 Å². The Morgan fingerprint density at radius 3 is 2.59 bits per heavy atom. The highest BCUT2D eigenvalue weighted by Gasteiger charge is 2.01. The van der Waals surface area contributed by atoms with Crippen molar-refractivity contribution in [3.8, 4) is 11.3 Å². The third-order valence-electron chi connectivity index (χ3n) is 2.65. The first-order valence-electron chi connectivity index (χ1n) is 6.00. The number of hydrogen-bond acceptors (Lipinski definition) is 3. The van der Waals surface area contributed by atoms with E-state index in [9.17, 15) is 0 Å². The summed E-state index contributed by atoms with van der Waals surface area (Å²) in [6, 6.07) is 12.4. The number of nitrogens with zero attached hydrogens (tertiary/aromatic N) is 2. The van der Waals surface area contributed by atoms with Crippen molar-refractivity contribution in [3.05, 3.63) is 42.0 Å². The Kier molecular flexibility index (Phi) is 3.70. The zero-order valence-electron chi connectivity index (χ0n) is 10.3. The van der Waals surface area contributed by atoms with Gasteiger partial charge in [0, 0.05) is 12.1 Å². The van der Waals surface area contributed by atoms with Gasteiger partial charge in [-0.25, -0.2) is 0 Å². The van der Waals surface area contributed by atoms with Gasteiger partial charge in [0.2, 0.25) is 0 Å². The Morgan fingerprint density at radius 1 is 1.06 bits per heavy atom. The smallest absolute Gasteiger partial charge is 0.148 e. The molecule has 0 spiro atoms. The van der Waals surface area contributed by atoms with E-state index in [0.717, 1.165) is 30.0 Å². The van der Waals surface area contributed by atoms with Crippen LogP contribution in [0.4, 0.5) is 5.82 Å². The van der Waals surface area contributed by atoms with Crippen molar-refractivity contribution in [1.82, 2.24) is 10.2 Å². The highest BCUT2D eigenvalue weighted by molar-refractivity contribution is 5.60. The van der Waals surface area contributed by atoms with Crippen molar-refractivity contribution in [3.63, 3.8) is 0 Å². The fourth-order valence-electron chi connectivity index (χ4n) is 1.71. The Morgan fingerprint density at radius 2 is 1.94 bits per heavy atom. The molecule has 17 heavy (non-hydrogen) atoms. The van der Waals surface area contributed by atoms with Gasteiger partial charge in [0.25, 0.3) is 0 Å². The molecule has 0 unspecified atom stereocenters. The van der Waals surface area contributed by atoms with E-state index in [1.807, 2.05) is 19.1 Å². The molecule has 1 N–H and O–H groups in total. The number of hydrogen-bond donors (Lipinski definition) is 1. The number of aryl methyl sites for hydroxylation is 1. The molecular weight excluding hydrogens is 210 g/mol. The second-order valence-electron chi connectivity index (χ2n) is 3.89. The summed E-state index contributed by atoms with van der Waals surface area (Å²) in [6.45, 7) is 5.05. The van der Waals surface area contributed by atoms with E-state index in [1.165, 1.54) is 5.56 Å². The Hall–Kier alpha value is -1.90. The minimum atomic E-state index is 0.822. The number of nitrogens with one attached hydrogen (secondary N) is 1. The Balaban J connectivity index is 2.26. The molecule has 0 amide bonds. The average Bonchev–Trinajstić information content (AvgIpc) is 2.40. The molecule has 0 saturated carbocycles. The van der Waals surface area contributed by atoms with Crippen LogP contribution in [0, 0.1) is 0 Å². The van der Waals surface area contributed by atoms with Gasteiger partial charge in [0.05, 0.1) is 5.69 Å². The van der Waals surface area contributed by atoms with Crippen LogP contribution in [0.15, 0.2) is 36.4 Å². The summed E-state index contributed by atoms with van der Waals surface area (Å²) in [6.07, 6.45) is 1.04. The SMILES string of the molecule is CCNc1ccc(-c2cccc(CC)c2)nn1. The zero-order chi connectivity index (χ0) is 12.1. The molecule has 0 aliphatic rings. The molecule has 0 atom stereocenters. The zero-order valence-corrected chi connectivity index (χ0v) is 10.3. The highest BCUT2D eigenvalue weighted by Crippen LogP contribution is 2.18. The maximum atomic E-state index is 4.23. The quantitative estimate of drug-likeness (QED) is 0.872. The first-order valence-corrected chi connectivity index (χ1v) is 6.00. The first-order chi connectivity index (χ1) is 8.33. The Bertz CT molecular complexity index is 477. The van der Waals surface area contributed by atoms with Crippen LogP contribution in [0.25, 0.3) is 11.3 Å². The second-order valence-corrected chi connectivity index (χ2v) is 3.89. The van der Waals surface area contributed by atoms with Gasteiger partial charge in [-0.2, -0.15) is 0 Å². The third-order valence-corrected chi connectivity index (χ3v) is 2.65. The molecule has 2 aromatic rings. The van der Waals surface area contributed by atoms with Crippen LogP contribution in [0.2, 0.25) is 0 Å². The average molecular weight is 227 g/mol. The van der Waals surface area contributed by atoms with Gasteiger partial charge in [-0.1, -0.05) is 25.1 Å². The molecule has 1 aromatic carbocycles. The van der Waals surface area contributed by atoms with E-state index in [0.29, 0.717) is 0 Å². The summed E-state index contributed by atoms with van der Waals surface area (Å²) in [5.74, 6) is 0.822. The molecule has 0 saturated heterocycles. The normalized spacial score (nSPS) is 10.2. The lowest BCUT2D eigenvalue weighted by molar-refractivity contribution is 1.02. The molecule has 0 bridgehead atoms. The van der Waals surface area contributed by atoms with Crippen molar-refractivity contribution in [2.45, 2.75) is 20.3 Å². The predicted molar refractivity (Wildman–Crippen MR) is 71.0 cm³/mol. The van der Waals surface area contributed by atoms with Crippen LogP contribution in [0.1, 0.15) is 19.4 Å². The van der Waals surface area contributed by atoms with Crippen molar-refractivity contribution in [1.29, 1.82) is 0 Å². The summed E-state index contributed by atoms with van der Waals surface area (Å²) < 4.78 is 0. The van der Waals surface area contributed by atoms with E-state index < -0.39 is 0 Å². The molecule has 2 rings (SSSR count). The van der Waals surface area contributed by atoms with E-state index in [2.05, 4.69) is 46.7 Å². The second kappa shape index (κ2) is 5.43. The van der Waals surface area contributed by atoms with Gasteiger partial charge < -0.3 is 5.32 Å². The van der Waals surface area contributed by atoms with E-state index >= 15 is 0 Å². The van der Waals surface area contributed by atoms with Crippen molar-refractivity contribution < 1.29 is 0 Å². The van der Waals surface area contributed by atoms with E-state index in [1.54, 1.807) is 0 Å². The molecule has 0 radical (unpaired) electrons. The van der Waals surface area contributed by atoms with Gasteiger partial charge in [0.1, 0.15) is 5.82 Å². The maximum absolute atomic E-state index is 4.23. The molecule has 88 valence electrons. The monoisotopic (exact) mass is 227 g/mol. The van der Waals surface area contributed by atoms with Crippen molar-refractivity contribution in [2.75, 3.05) is 11.9 Å². The highest BCUT2D eigenvalue weighted by atomic mass is 15.2. The van der Waals surface area contributed by atoms with Crippen molar-refractivity contribution >= 4 is 5.82 Å². The summed E-state index contributed by atoms with van der Waals surface area (Å²) in [7, 11) is 0. The minimum absolute atomic E-state index is 0.822. The van der Waals surface area contributed by atoms with Crippen LogP contribution in [0.3, 0.4) is 0 Å². The summed E-state index contributed by atoms with van der Waals surface area (Å²) in [4.78, 5) is 0. The van der Waals surface area contributed by atoms with Crippen LogP contribution < -0.4 is 5.32 Å². The first kappa shape index (κ1) is 11.6. The largest absolute Gasteiger partial charge is 0.369 e. The number of benzene rings is 1. The fraction of sp³-hybridized carbons (Fsp3) is 0.286. The van der Waals surface area contributed by atoms with Crippen LogP contribution in [-0.2, 0) is 6.42 Å². The number of aromatic nitrogens is 2. The minimum Gasteiger partial charge on any atom is -0.369 e. The van der Waals surface area contributed by atoms with Gasteiger partial charge in [0.15, 0.2) is 0 Å². The van der Waals surface area contributed by atoms with Crippen LogP contribution >= 0.6 is 0 Å². The van der Waals surface area contributed by atoms with Gasteiger partial charge >= 0.3 is 0 Å². The van der Waals surface area contributed by atoms with Gasteiger partial charge in [-0.15, -0.1) is 10.2 Å². The number of anilines is 1. The number of rotatable bonds is 4. The third kappa shape index (κ3) is 2.81. The van der Waals surface area contributed by atoms with Gasteiger partial charge in [-0.05, 0) is 37.1 Å². The van der Waals surface area contributed by atoms with E-state index in [-0.39, 0.29) is 0 Å². The lowest BCUT2D eigenvalue weighted by atomic mass is 10.1. The molecule has 1 aromatic heterocycles. The Labute approximate surface area is 102 Å².